The van der Waals surface area contributed by atoms with E-state index in [1.165, 1.54) is 0 Å². The van der Waals surface area contributed by atoms with Crippen LogP contribution in [0.4, 0.5) is 0 Å². The minimum Gasteiger partial charge on any atom is -0.493 e. The molecule has 0 bridgehead atoms. The van der Waals surface area contributed by atoms with Crippen LogP contribution in [0.25, 0.3) is 0 Å². The van der Waals surface area contributed by atoms with Crippen LogP contribution in [0.5, 0.6) is 5.75 Å². The first kappa shape index (κ1) is 15.9. The van der Waals surface area contributed by atoms with Crippen LogP contribution in [0.3, 0.4) is 0 Å². The normalized spacial score (nSPS) is 12.4. The maximum absolute atomic E-state index is 9.25. The van der Waals surface area contributed by atoms with Crippen LogP contribution in [0.15, 0.2) is 24.3 Å². The summed E-state index contributed by atoms with van der Waals surface area (Å²) in [7, 11) is 1.98. The number of aliphatic hydroxyl groups is 1. The molecule has 0 fully saturated rings. The Labute approximate surface area is 120 Å². The number of thiocarbonyl (C=S) groups is 1. The van der Waals surface area contributed by atoms with Crippen LogP contribution in [-0.2, 0) is 0 Å². The molecule has 0 amide bonds. The Bertz CT molecular complexity index is 410. The lowest BCUT2D eigenvalue weighted by atomic mass is 10.2. The van der Waals surface area contributed by atoms with Gasteiger partial charge in [-0.05, 0) is 32.5 Å². The number of para-hydroxylation sites is 1. The van der Waals surface area contributed by atoms with E-state index in [0.29, 0.717) is 18.1 Å². The van der Waals surface area contributed by atoms with E-state index in [1.807, 2.05) is 31.3 Å². The first-order valence-electron chi connectivity index (χ1n) is 6.39. The Morgan fingerprint density at radius 1 is 1.47 bits per heavy atom. The standard InChI is InChI=1S/C14H22N2O2S/c1-11(17)10-16(2)8-5-9-18-13-7-4-3-6-12(13)14(15)19/h3-4,6-7,11,17H,5,8-10H2,1-2H3,(H2,15,19). The van der Waals surface area contributed by atoms with Crippen molar-refractivity contribution in [2.75, 3.05) is 26.7 Å². The molecule has 3 N–H and O–H groups in total. The van der Waals surface area contributed by atoms with Gasteiger partial charge in [-0.25, -0.2) is 0 Å². The van der Waals surface area contributed by atoms with Crippen molar-refractivity contribution < 1.29 is 9.84 Å². The van der Waals surface area contributed by atoms with Gasteiger partial charge >= 0.3 is 0 Å². The average molecular weight is 282 g/mol. The van der Waals surface area contributed by atoms with E-state index in [-0.39, 0.29) is 6.10 Å². The zero-order chi connectivity index (χ0) is 14.3. The number of hydrogen-bond donors (Lipinski definition) is 2. The highest BCUT2D eigenvalue weighted by Crippen LogP contribution is 2.17. The molecule has 0 aliphatic rings. The molecule has 1 aromatic rings. The Kier molecular flexibility index (Phi) is 6.77. The second-order valence-corrected chi connectivity index (χ2v) is 5.11. The minimum absolute atomic E-state index is 0.304. The van der Waals surface area contributed by atoms with E-state index >= 15 is 0 Å². The molecule has 0 aliphatic heterocycles. The molecule has 0 radical (unpaired) electrons. The highest BCUT2D eigenvalue weighted by atomic mass is 32.1. The maximum Gasteiger partial charge on any atom is 0.129 e. The summed E-state index contributed by atoms with van der Waals surface area (Å²) < 4.78 is 5.70. The summed E-state index contributed by atoms with van der Waals surface area (Å²) in [5.74, 6) is 0.730. The van der Waals surface area contributed by atoms with Crippen molar-refractivity contribution >= 4 is 17.2 Å². The Morgan fingerprint density at radius 2 is 2.16 bits per heavy atom. The van der Waals surface area contributed by atoms with E-state index in [4.69, 9.17) is 22.7 Å². The van der Waals surface area contributed by atoms with Crippen molar-refractivity contribution in [3.8, 4) is 5.75 Å². The quantitative estimate of drug-likeness (QED) is 0.557. The van der Waals surface area contributed by atoms with Crippen molar-refractivity contribution in [3.63, 3.8) is 0 Å². The third-order valence-electron chi connectivity index (χ3n) is 2.67. The fourth-order valence-electron chi connectivity index (χ4n) is 1.86. The Balaban J connectivity index is 2.35. The van der Waals surface area contributed by atoms with Crippen LogP contribution in [-0.4, -0.2) is 47.8 Å². The molecule has 1 aromatic carbocycles. The van der Waals surface area contributed by atoms with Crippen molar-refractivity contribution in [3.05, 3.63) is 29.8 Å². The van der Waals surface area contributed by atoms with Crippen LogP contribution in [0, 0.1) is 0 Å². The lowest BCUT2D eigenvalue weighted by Gasteiger charge is -2.18. The van der Waals surface area contributed by atoms with Crippen molar-refractivity contribution in [1.29, 1.82) is 0 Å². The Hall–Kier alpha value is -1.17. The molecular weight excluding hydrogens is 260 g/mol. The molecule has 0 aliphatic carbocycles. The lowest BCUT2D eigenvalue weighted by Crippen LogP contribution is -2.28. The van der Waals surface area contributed by atoms with Crippen LogP contribution in [0.1, 0.15) is 18.9 Å². The number of benzene rings is 1. The van der Waals surface area contributed by atoms with Gasteiger partial charge in [-0.2, -0.15) is 0 Å². The number of nitrogens with two attached hydrogens (primary N) is 1. The number of aliphatic hydroxyl groups excluding tert-OH is 1. The molecule has 0 heterocycles. The average Bonchev–Trinajstić information content (AvgIpc) is 2.34. The fraction of sp³-hybridized carbons (Fsp3) is 0.500. The molecule has 1 rings (SSSR count). The summed E-state index contributed by atoms with van der Waals surface area (Å²) in [6.07, 6.45) is 0.579. The molecule has 0 saturated carbocycles. The summed E-state index contributed by atoms with van der Waals surface area (Å²) in [5, 5.41) is 9.25. The van der Waals surface area contributed by atoms with Gasteiger partial charge < -0.3 is 20.5 Å². The monoisotopic (exact) mass is 282 g/mol. The molecule has 0 aromatic heterocycles. The highest BCUT2D eigenvalue weighted by molar-refractivity contribution is 7.80. The van der Waals surface area contributed by atoms with Crippen molar-refractivity contribution in [2.24, 2.45) is 5.73 Å². The third-order valence-corrected chi connectivity index (χ3v) is 2.89. The number of nitrogens with zero attached hydrogens (tertiary/aromatic N) is 1. The number of hydrogen-bond acceptors (Lipinski definition) is 4. The number of likely N-dealkylation sites (N-methyl/N-ethyl adjacent to an activating group) is 1. The molecule has 4 nitrogen and oxygen atoms in total. The first-order chi connectivity index (χ1) is 9.00. The summed E-state index contributed by atoms with van der Waals surface area (Å²) in [5.41, 5.74) is 6.41. The molecule has 5 heteroatoms. The zero-order valence-electron chi connectivity index (χ0n) is 11.5. The molecule has 0 spiro atoms. The molecule has 19 heavy (non-hydrogen) atoms. The summed E-state index contributed by atoms with van der Waals surface area (Å²) in [6, 6.07) is 7.51. The van der Waals surface area contributed by atoms with E-state index in [9.17, 15) is 5.11 Å². The van der Waals surface area contributed by atoms with Crippen LogP contribution < -0.4 is 10.5 Å². The predicted octanol–water partition coefficient (Wildman–Crippen LogP) is 1.40. The maximum atomic E-state index is 9.25. The van der Waals surface area contributed by atoms with Gasteiger partial charge in [0, 0.05) is 13.1 Å². The molecule has 1 atom stereocenters. The minimum atomic E-state index is -0.304. The van der Waals surface area contributed by atoms with Gasteiger partial charge in [-0.15, -0.1) is 0 Å². The first-order valence-corrected chi connectivity index (χ1v) is 6.79. The largest absolute Gasteiger partial charge is 0.493 e. The van der Waals surface area contributed by atoms with E-state index < -0.39 is 0 Å². The van der Waals surface area contributed by atoms with Gasteiger partial charge in [-0.1, -0.05) is 24.4 Å². The number of ether oxygens (including phenoxy) is 1. The van der Waals surface area contributed by atoms with Crippen molar-refractivity contribution in [1.82, 2.24) is 4.90 Å². The van der Waals surface area contributed by atoms with E-state index in [2.05, 4.69) is 4.90 Å². The summed E-state index contributed by atoms with van der Waals surface area (Å²) in [6.45, 7) is 3.93. The zero-order valence-corrected chi connectivity index (χ0v) is 12.3. The van der Waals surface area contributed by atoms with E-state index in [0.717, 1.165) is 24.3 Å². The molecule has 1 unspecified atom stereocenters. The lowest BCUT2D eigenvalue weighted by molar-refractivity contribution is 0.137. The number of rotatable bonds is 8. The predicted molar refractivity (Wildman–Crippen MR) is 81.6 cm³/mol. The highest BCUT2D eigenvalue weighted by Gasteiger charge is 2.06. The SMILES string of the molecule is CC(O)CN(C)CCCOc1ccccc1C(N)=S. The second-order valence-electron chi connectivity index (χ2n) is 4.67. The fourth-order valence-corrected chi connectivity index (χ4v) is 2.02. The van der Waals surface area contributed by atoms with Gasteiger partial charge in [0.2, 0.25) is 0 Å². The summed E-state index contributed by atoms with van der Waals surface area (Å²) >= 11 is 4.98. The van der Waals surface area contributed by atoms with Gasteiger partial charge in [0.1, 0.15) is 10.7 Å². The van der Waals surface area contributed by atoms with Crippen LogP contribution in [0.2, 0.25) is 0 Å². The van der Waals surface area contributed by atoms with Gasteiger partial charge in [0.05, 0.1) is 18.3 Å². The van der Waals surface area contributed by atoms with Crippen molar-refractivity contribution in [2.45, 2.75) is 19.4 Å². The van der Waals surface area contributed by atoms with Crippen LogP contribution >= 0.6 is 12.2 Å². The summed E-state index contributed by atoms with van der Waals surface area (Å²) in [4.78, 5) is 2.43. The molecule has 0 saturated heterocycles. The molecule has 106 valence electrons. The van der Waals surface area contributed by atoms with Gasteiger partial charge in [0.15, 0.2) is 0 Å². The van der Waals surface area contributed by atoms with Gasteiger partial charge in [0.25, 0.3) is 0 Å². The molecular formula is C14H22N2O2S. The second kappa shape index (κ2) is 8.09. The topological polar surface area (TPSA) is 58.7 Å². The smallest absolute Gasteiger partial charge is 0.129 e. The third kappa shape index (κ3) is 6.00. The van der Waals surface area contributed by atoms with E-state index in [1.54, 1.807) is 6.92 Å². The van der Waals surface area contributed by atoms with Gasteiger partial charge in [-0.3, -0.25) is 0 Å². The Morgan fingerprint density at radius 3 is 2.79 bits per heavy atom.